The summed E-state index contributed by atoms with van der Waals surface area (Å²) in [5.74, 6) is -0.885. The Morgan fingerprint density at radius 1 is 1.33 bits per heavy atom. The number of allylic oxidation sites excluding steroid dienone is 2. The minimum Gasteiger partial charge on any atom is -0.875 e. The number of ether oxygens (including phenoxy) is 1. The Hall–Kier alpha value is -2.10. The number of methoxy groups -OCH3 is 1. The largest absolute Gasteiger partial charge is 0.875 e. The van der Waals surface area contributed by atoms with E-state index in [0.29, 0.717) is 5.56 Å². The fourth-order valence-corrected chi connectivity index (χ4v) is 2.08. The molecule has 4 heteroatoms. The normalized spacial score (nSPS) is 16.4. The number of Topliss-reactive ketones (excluding diaryl/α,β-unsaturated/α-hetero) is 1. The molecule has 1 aliphatic rings. The zero-order chi connectivity index (χ0) is 13.1. The molecule has 0 amide bonds. The Balaban J connectivity index is 2.26. The fraction of sp³-hybridized carbons (Fsp3) is 0.286. The summed E-state index contributed by atoms with van der Waals surface area (Å²) >= 11 is 0. The van der Waals surface area contributed by atoms with Gasteiger partial charge in [0.05, 0.1) is 7.11 Å². The van der Waals surface area contributed by atoms with Crippen LogP contribution in [0.25, 0.3) is 5.57 Å². The van der Waals surface area contributed by atoms with Gasteiger partial charge in [-0.3, -0.25) is 9.59 Å². The molecule has 0 heterocycles. The van der Waals surface area contributed by atoms with E-state index < -0.39 is 5.97 Å². The smallest absolute Gasteiger partial charge is 0.305 e. The molecule has 0 spiro atoms. The van der Waals surface area contributed by atoms with Crippen molar-refractivity contribution in [2.75, 3.05) is 7.11 Å². The van der Waals surface area contributed by atoms with Crippen molar-refractivity contribution >= 4 is 17.3 Å². The van der Waals surface area contributed by atoms with Gasteiger partial charge < -0.3 is 9.84 Å². The lowest BCUT2D eigenvalue weighted by molar-refractivity contribution is -0.305. The second kappa shape index (κ2) is 5.04. The number of carbonyl (C=O) groups is 2. The Kier molecular flexibility index (Phi) is 3.46. The quantitative estimate of drug-likeness (QED) is 0.449. The van der Waals surface area contributed by atoms with Crippen LogP contribution in [0.5, 0.6) is 0 Å². The zero-order valence-corrected chi connectivity index (χ0v) is 10.1. The zero-order valence-electron chi connectivity index (χ0n) is 10.1. The Morgan fingerprint density at radius 2 is 2.06 bits per heavy atom. The van der Waals surface area contributed by atoms with E-state index in [2.05, 4.69) is 4.74 Å². The van der Waals surface area contributed by atoms with Gasteiger partial charge in [0.2, 0.25) is 0 Å². The molecule has 0 saturated carbocycles. The van der Waals surface area contributed by atoms with Crippen LogP contribution in [0.1, 0.15) is 24.0 Å². The Labute approximate surface area is 105 Å². The van der Waals surface area contributed by atoms with Gasteiger partial charge in [0.25, 0.3) is 0 Å². The lowest BCUT2D eigenvalue weighted by atomic mass is 10.0. The summed E-state index contributed by atoms with van der Waals surface area (Å²) in [6.07, 6.45) is 0.297. The first kappa shape index (κ1) is 12.4. The van der Waals surface area contributed by atoms with Crippen LogP contribution in [0.4, 0.5) is 0 Å². The number of esters is 1. The number of benzene rings is 1. The molecule has 0 N–H and O–H groups in total. The van der Waals surface area contributed by atoms with Crippen LogP contribution < -0.4 is 5.11 Å². The van der Waals surface area contributed by atoms with Crippen molar-refractivity contribution in [1.82, 2.24) is 0 Å². The van der Waals surface area contributed by atoms with Gasteiger partial charge in [-0.05, 0) is 17.5 Å². The van der Waals surface area contributed by atoms with Crippen molar-refractivity contribution in [2.24, 2.45) is 0 Å². The maximum absolute atomic E-state index is 12.0. The highest BCUT2D eigenvalue weighted by Crippen LogP contribution is 2.31. The lowest BCUT2D eigenvalue weighted by Gasteiger charge is -2.15. The van der Waals surface area contributed by atoms with Crippen LogP contribution >= 0.6 is 0 Å². The first-order chi connectivity index (χ1) is 8.63. The molecule has 1 aromatic rings. The Morgan fingerprint density at radius 3 is 2.78 bits per heavy atom. The van der Waals surface area contributed by atoms with E-state index in [1.807, 2.05) is 12.1 Å². The standard InChI is InChI=1S/C14H14O4/c1-18-13(17)7-6-11(15)14-10-5-3-2-4-9(10)8-12(14)16/h2-5,15H,6-8H2,1H3/p-1/b14-11+. The third-order valence-electron chi connectivity index (χ3n) is 2.98. The van der Waals surface area contributed by atoms with E-state index in [9.17, 15) is 14.7 Å². The first-order valence-electron chi connectivity index (χ1n) is 5.72. The molecule has 0 atom stereocenters. The monoisotopic (exact) mass is 245 g/mol. The SMILES string of the molecule is COC(=O)CC/C([O-])=C1\C(=O)Cc2ccccc21. The predicted octanol–water partition coefficient (Wildman–Crippen LogP) is 0.836. The van der Waals surface area contributed by atoms with Gasteiger partial charge in [-0.1, -0.05) is 24.3 Å². The average molecular weight is 245 g/mol. The van der Waals surface area contributed by atoms with Crippen LogP contribution in [0, 0.1) is 0 Å². The number of carbonyl (C=O) groups excluding carboxylic acids is 2. The molecule has 0 bridgehead atoms. The minimum atomic E-state index is -0.442. The molecule has 0 unspecified atom stereocenters. The van der Waals surface area contributed by atoms with Gasteiger partial charge in [0.1, 0.15) is 0 Å². The third kappa shape index (κ3) is 2.27. The fourth-order valence-electron chi connectivity index (χ4n) is 2.08. The molecule has 4 nitrogen and oxygen atoms in total. The van der Waals surface area contributed by atoms with Crippen molar-refractivity contribution in [3.8, 4) is 0 Å². The summed E-state index contributed by atoms with van der Waals surface area (Å²) in [5.41, 5.74) is 1.82. The topological polar surface area (TPSA) is 66.4 Å². The number of ketones is 1. The second-order valence-corrected chi connectivity index (χ2v) is 4.13. The van der Waals surface area contributed by atoms with Crippen molar-refractivity contribution < 1.29 is 19.4 Å². The molecular weight excluding hydrogens is 232 g/mol. The van der Waals surface area contributed by atoms with Gasteiger partial charge in [-0.2, -0.15) is 0 Å². The third-order valence-corrected chi connectivity index (χ3v) is 2.98. The maximum atomic E-state index is 12.0. The average Bonchev–Trinajstić information content (AvgIpc) is 2.71. The highest BCUT2D eigenvalue weighted by Gasteiger charge is 2.24. The molecule has 1 aliphatic carbocycles. The van der Waals surface area contributed by atoms with Gasteiger partial charge in [-0.25, -0.2) is 0 Å². The lowest BCUT2D eigenvalue weighted by Crippen LogP contribution is -2.12. The summed E-state index contributed by atoms with van der Waals surface area (Å²) in [6, 6.07) is 7.25. The summed E-state index contributed by atoms with van der Waals surface area (Å²) < 4.78 is 4.47. The van der Waals surface area contributed by atoms with Crippen molar-refractivity contribution in [2.45, 2.75) is 19.3 Å². The van der Waals surface area contributed by atoms with Crippen LogP contribution in [0.15, 0.2) is 30.0 Å². The molecule has 0 saturated heterocycles. The van der Waals surface area contributed by atoms with Crippen LogP contribution in [-0.4, -0.2) is 18.9 Å². The predicted molar refractivity (Wildman–Crippen MR) is 63.3 cm³/mol. The van der Waals surface area contributed by atoms with E-state index >= 15 is 0 Å². The van der Waals surface area contributed by atoms with Crippen molar-refractivity contribution in [3.05, 3.63) is 41.2 Å². The van der Waals surface area contributed by atoms with E-state index in [4.69, 9.17) is 0 Å². The van der Waals surface area contributed by atoms with Crippen LogP contribution in [0.2, 0.25) is 0 Å². The van der Waals surface area contributed by atoms with Crippen molar-refractivity contribution in [3.63, 3.8) is 0 Å². The van der Waals surface area contributed by atoms with Crippen molar-refractivity contribution in [1.29, 1.82) is 0 Å². The summed E-state index contributed by atoms with van der Waals surface area (Å²) in [4.78, 5) is 22.8. The summed E-state index contributed by atoms with van der Waals surface area (Å²) in [5, 5.41) is 12.0. The number of hydrogen-bond acceptors (Lipinski definition) is 4. The van der Waals surface area contributed by atoms with E-state index in [1.165, 1.54) is 7.11 Å². The number of fused-ring (bicyclic) bond motifs is 1. The number of rotatable bonds is 3. The maximum Gasteiger partial charge on any atom is 0.305 e. The molecule has 18 heavy (non-hydrogen) atoms. The van der Waals surface area contributed by atoms with Crippen LogP contribution in [-0.2, 0) is 20.7 Å². The highest BCUT2D eigenvalue weighted by molar-refractivity contribution is 6.25. The van der Waals surface area contributed by atoms with Gasteiger partial charge >= 0.3 is 5.97 Å². The molecule has 94 valence electrons. The molecule has 0 fully saturated rings. The molecule has 0 radical (unpaired) electrons. The van der Waals surface area contributed by atoms with Gasteiger partial charge in [-0.15, -0.1) is 5.76 Å². The molecule has 0 aliphatic heterocycles. The Bertz CT molecular complexity index is 528. The molecular formula is C14H13O4-. The number of hydrogen-bond donors (Lipinski definition) is 0. The molecule has 0 aromatic heterocycles. The van der Waals surface area contributed by atoms with E-state index in [-0.39, 0.29) is 36.4 Å². The second-order valence-electron chi connectivity index (χ2n) is 4.13. The first-order valence-corrected chi connectivity index (χ1v) is 5.72. The molecule has 2 rings (SSSR count). The van der Waals surface area contributed by atoms with Gasteiger partial charge in [0.15, 0.2) is 5.78 Å². The minimum absolute atomic E-state index is 0.00821. The summed E-state index contributed by atoms with van der Waals surface area (Å²) in [6.45, 7) is 0. The van der Waals surface area contributed by atoms with E-state index in [0.717, 1.165) is 5.56 Å². The van der Waals surface area contributed by atoms with Crippen LogP contribution in [0.3, 0.4) is 0 Å². The van der Waals surface area contributed by atoms with E-state index in [1.54, 1.807) is 12.1 Å². The van der Waals surface area contributed by atoms with Gasteiger partial charge in [0, 0.05) is 18.4 Å². The highest BCUT2D eigenvalue weighted by atomic mass is 16.5. The molecule has 1 aromatic carbocycles. The summed E-state index contributed by atoms with van der Waals surface area (Å²) in [7, 11) is 1.27.